The van der Waals surface area contributed by atoms with Crippen LogP contribution in [0.1, 0.15) is 29.6 Å². The third kappa shape index (κ3) is 3.12. The SMILES string of the molecule is O=C(CCN1CCCC1C(=O)O)c1ccccc1O. The van der Waals surface area contributed by atoms with E-state index in [4.69, 9.17) is 5.11 Å². The Bertz CT molecular complexity index is 486. The molecule has 1 aliphatic rings. The van der Waals surface area contributed by atoms with Gasteiger partial charge in [0.15, 0.2) is 5.78 Å². The molecule has 0 aliphatic carbocycles. The van der Waals surface area contributed by atoms with Crippen LogP contribution < -0.4 is 0 Å². The van der Waals surface area contributed by atoms with Crippen LogP contribution in [-0.4, -0.2) is 46.0 Å². The van der Waals surface area contributed by atoms with Crippen molar-refractivity contribution in [2.24, 2.45) is 0 Å². The monoisotopic (exact) mass is 263 g/mol. The van der Waals surface area contributed by atoms with Gasteiger partial charge in [0.1, 0.15) is 11.8 Å². The number of nitrogens with zero attached hydrogens (tertiary/aromatic N) is 1. The summed E-state index contributed by atoms with van der Waals surface area (Å²) in [4.78, 5) is 24.8. The maximum Gasteiger partial charge on any atom is 0.320 e. The first-order chi connectivity index (χ1) is 9.09. The number of carbonyl (C=O) groups is 2. The molecule has 1 fully saturated rings. The Morgan fingerprint density at radius 1 is 1.32 bits per heavy atom. The normalized spacial score (nSPS) is 19.5. The number of carboxylic acid groups (broad SMARTS) is 1. The summed E-state index contributed by atoms with van der Waals surface area (Å²) in [7, 11) is 0. The van der Waals surface area contributed by atoms with Gasteiger partial charge in [-0.1, -0.05) is 12.1 Å². The average molecular weight is 263 g/mol. The molecule has 1 unspecified atom stereocenters. The van der Waals surface area contributed by atoms with Crippen LogP contribution in [0.4, 0.5) is 0 Å². The molecule has 2 rings (SSSR count). The zero-order chi connectivity index (χ0) is 13.8. The number of rotatable bonds is 5. The van der Waals surface area contributed by atoms with E-state index >= 15 is 0 Å². The van der Waals surface area contributed by atoms with E-state index < -0.39 is 12.0 Å². The summed E-state index contributed by atoms with van der Waals surface area (Å²) in [5.41, 5.74) is 0.300. The van der Waals surface area contributed by atoms with Crippen molar-refractivity contribution in [1.29, 1.82) is 0 Å². The van der Waals surface area contributed by atoms with E-state index in [0.717, 1.165) is 6.42 Å². The van der Waals surface area contributed by atoms with Crippen molar-refractivity contribution >= 4 is 11.8 Å². The molecule has 1 atom stereocenters. The first-order valence-electron chi connectivity index (χ1n) is 6.37. The molecule has 1 aromatic carbocycles. The maximum atomic E-state index is 12.0. The van der Waals surface area contributed by atoms with Crippen molar-refractivity contribution in [2.45, 2.75) is 25.3 Å². The second-order valence-electron chi connectivity index (χ2n) is 4.72. The highest BCUT2D eigenvalue weighted by Gasteiger charge is 2.30. The molecule has 1 saturated heterocycles. The number of phenols is 1. The number of Topliss-reactive ketones (excluding diaryl/α,β-unsaturated/α-hetero) is 1. The largest absolute Gasteiger partial charge is 0.507 e. The minimum atomic E-state index is -0.826. The highest BCUT2D eigenvalue weighted by atomic mass is 16.4. The third-order valence-electron chi connectivity index (χ3n) is 3.48. The summed E-state index contributed by atoms with van der Waals surface area (Å²) >= 11 is 0. The van der Waals surface area contributed by atoms with Gasteiger partial charge in [-0.25, -0.2) is 0 Å². The predicted molar refractivity (Wildman–Crippen MR) is 69.3 cm³/mol. The number of likely N-dealkylation sites (tertiary alicyclic amines) is 1. The Hall–Kier alpha value is -1.88. The van der Waals surface area contributed by atoms with Crippen LogP contribution >= 0.6 is 0 Å². The molecule has 0 saturated carbocycles. The van der Waals surface area contributed by atoms with Crippen LogP contribution in [-0.2, 0) is 4.79 Å². The van der Waals surface area contributed by atoms with Crippen molar-refractivity contribution < 1.29 is 19.8 Å². The van der Waals surface area contributed by atoms with Gasteiger partial charge in [-0.3, -0.25) is 14.5 Å². The molecule has 0 spiro atoms. The van der Waals surface area contributed by atoms with Gasteiger partial charge in [-0.05, 0) is 31.5 Å². The minimum Gasteiger partial charge on any atom is -0.507 e. The van der Waals surface area contributed by atoms with Gasteiger partial charge in [0.2, 0.25) is 0 Å². The van der Waals surface area contributed by atoms with Crippen molar-refractivity contribution in [3.8, 4) is 5.75 Å². The summed E-state index contributed by atoms with van der Waals surface area (Å²) in [5.74, 6) is -1.01. The highest BCUT2D eigenvalue weighted by molar-refractivity contribution is 5.98. The van der Waals surface area contributed by atoms with E-state index in [-0.39, 0.29) is 18.0 Å². The lowest BCUT2D eigenvalue weighted by Gasteiger charge is -2.20. The maximum absolute atomic E-state index is 12.0. The van der Waals surface area contributed by atoms with Crippen molar-refractivity contribution in [1.82, 2.24) is 4.90 Å². The fraction of sp³-hybridized carbons (Fsp3) is 0.429. The Morgan fingerprint density at radius 2 is 2.05 bits per heavy atom. The fourth-order valence-electron chi connectivity index (χ4n) is 2.46. The number of hydrogen-bond donors (Lipinski definition) is 2. The lowest BCUT2D eigenvalue weighted by atomic mass is 10.1. The predicted octanol–water partition coefficient (Wildman–Crippen LogP) is 1.51. The number of aromatic hydroxyl groups is 1. The molecule has 0 aromatic heterocycles. The van der Waals surface area contributed by atoms with Crippen LogP contribution in [0, 0.1) is 0 Å². The second kappa shape index (κ2) is 5.84. The number of hydrogen-bond acceptors (Lipinski definition) is 4. The number of para-hydroxylation sites is 1. The molecule has 102 valence electrons. The molecule has 2 N–H and O–H groups in total. The van der Waals surface area contributed by atoms with Crippen molar-refractivity contribution in [3.05, 3.63) is 29.8 Å². The summed E-state index contributed by atoms with van der Waals surface area (Å²) < 4.78 is 0. The summed E-state index contributed by atoms with van der Waals surface area (Å²) in [6.07, 6.45) is 1.71. The number of aliphatic carboxylic acids is 1. The molecule has 0 radical (unpaired) electrons. The smallest absolute Gasteiger partial charge is 0.320 e. The quantitative estimate of drug-likeness (QED) is 0.787. The number of ketones is 1. The lowest BCUT2D eigenvalue weighted by Crippen LogP contribution is -2.37. The molecule has 1 heterocycles. The van der Waals surface area contributed by atoms with E-state index in [1.54, 1.807) is 18.2 Å². The average Bonchev–Trinajstić information content (AvgIpc) is 2.85. The Balaban J connectivity index is 1.94. The molecule has 0 amide bonds. The van der Waals surface area contributed by atoms with Gasteiger partial charge in [0.25, 0.3) is 0 Å². The van der Waals surface area contributed by atoms with E-state index in [9.17, 15) is 14.7 Å². The standard InChI is InChI=1S/C14H17NO4/c16-12-6-2-1-4-10(12)13(17)7-9-15-8-3-5-11(15)14(18)19/h1-2,4,6,11,16H,3,5,7-9H2,(H,18,19). The molecular formula is C14H17NO4. The van der Waals surface area contributed by atoms with Gasteiger partial charge >= 0.3 is 5.97 Å². The summed E-state index contributed by atoms with van der Waals surface area (Å²) in [6, 6.07) is 5.94. The molecule has 1 aromatic rings. The minimum absolute atomic E-state index is 0.0243. The van der Waals surface area contributed by atoms with Gasteiger partial charge in [0.05, 0.1) is 5.56 Å². The lowest BCUT2D eigenvalue weighted by molar-refractivity contribution is -0.142. The van der Waals surface area contributed by atoms with Gasteiger partial charge in [0, 0.05) is 13.0 Å². The molecule has 5 nitrogen and oxygen atoms in total. The molecule has 1 aliphatic heterocycles. The zero-order valence-corrected chi connectivity index (χ0v) is 10.6. The third-order valence-corrected chi connectivity index (χ3v) is 3.48. The molecular weight excluding hydrogens is 246 g/mol. The van der Waals surface area contributed by atoms with Crippen LogP contribution in [0.5, 0.6) is 5.75 Å². The van der Waals surface area contributed by atoms with E-state index in [1.165, 1.54) is 6.07 Å². The molecule has 0 bridgehead atoms. The van der Waals surface area contributed by atoms with Gasteiger partial charge in [-0.15, -0.1) is 0 Å². The zero-order valence-electron chi connectivity index (χ0n) is 10.6. The highest BCUT2D eigenvalue weighted by Crippen LogP contribution is 2.20. The Labute approximate surface area is 111 Å². The Kier molecular flexibility index (Phi) is 4.16. The number of carbonyl (C=O) groups excluding carboxylic acids is 1. The molecule has 19 heavy (non-hydrogen) atoms. The van der Waals surface area contributed by atoms with E-state index in [1.807, 2.05) is 4.90 Å². The number of benzene rings is 1. The number of phenolic OH excluding ortho intramolecular Hbond substituents is 1. The second-order valence-corrected chi connectivity index (χ2v) is 4.72. The van der Waals surface area contributed by atoms with Crippen molar-refractivity contribution in [3.63, 3.8) is 0 Å². The van der Waals surface area contributed by atoms with Gasteiger partial charge in [-0.2, -0.15) is 0 Å². The van der Waals surface area contributed by atoms with Crippen LogP contribution in [0.2, 0.25) is 0 Å². The van der Waals surface area contributed by atoms with Crippen LogP contribution in [0.3, 0.4) is 0 Å². The topological polar surface area (TPSA) is 77.8 Å². The van der Waals surface area contributed by atoms with E-state index in [2.05, 4.69) is 0 Å². The fourth-order valence-corrected chi connectivity index (χ4v) is 2.46. The van der Waals surface area contributed by atoms with Crippen LogP contribution in [0.15, 0.2) is 24.3 Å². The first kappa shape index (κ1) is 13.5. The van der Waals surface area contributed by atoms with Gasteiger partial charge < -0.3 is 10.2 Å². The molecule has 5 heteroatoms. The number of carboxylic acids is 1. The summed E-state index contributed by atoms with van der Waals surface area (Å²) in [6.45, 7) is 1.13. The first-order valence-corrected chi connectivity index (χ1v) is 6.37. The van der Waals surface area contributed by atoms with Crippen molar-refractivity contribution in [2.75, 3.05) is 13.1 Å². The van der Waals surface area contributed by atoms with E-state index in [0.29, 0.717) is 25.1 Å². The summed E-state index contributed by atoms with van der Waals surface area (Å²) in [5, 5.41) is 18.6. The Morgan fingerprint density at radius 3 is 2.74 bits per heavy atom. The van der Waals surface area contributed by atoms with Crippen LogP contribution in [0.25, 0.3) is 0 Å².